The first-order chi connectivity index (χ1) is 14.1. The Balaban J connectivity index is 1.77. The van der Waals surface area contributed by atoms with Crippen LogP contribution in [0.25, 0.3) is 10.2 Å². The van der Waals surface area contributed by atoms with Crippen molar-refractivity contribution in [3.05, 3.63) is 47.5 Å². The number of nitrogens with two attached hydrogens (primary N) is 1. The van der Waals surface area contributed by atoms with Crippen molar-refractivity contribution in [1.82, 2.24) is 4.98 Å². The number of carbonyl (C=O) groups excluding carboxylic acids is 1. The van der Waals surface area contributed by atoms with Gasteiger partial charge in [0.2, 0.25) is 0 Å². The summed E-state index contributed by atoms with van der Waals surface area (Å²) in [7, 11) is 1.63. The van der Waals surface area contributed by atoms with E-state index in [9.17, 15) is 4.79 Å². The second kappa shape index (κ2) is 8.36. The Morgan fingerprint density at radius 3 is 2.79 bits per heavy atom. The van der Waals surface area contributed by atoms with E-state index in [1.165, 1.54) is 16.2 Å². The molecule has 1 fully saturated rings. The van der Waals surface area contributed by atoms with Crippen molar-refractivity contribution in [3.8, 4) is 5.75 Å². The third-order valence-corrected chi connectivity index (χ3v) is 6.07. The van der Waals surface area contributed by atoms with Crippen molar-refractivity contribution in [2.75, 3.05) is 49.9 Å². The maximum absolute atomic E-state index is 13.1. The summed E-state index contributed by atoms with van der Waals surface area (Å²) in [5, 5.41) is 0.563. The summed E-state index contributed by atoms with van der Waals surface area (Å²) >= 11 is 1.46. The SMILES string of the molecule is COc1ccc(N2CCOCC2)c2sc(N(CN)C(=O)c3cccc(C)c3)nc12. The minimum Gasteiger partial charge on any atom is -0.494 e. The quantitative estimate of drug-likeness (QED) is 0.649. The van der Waals surface area contributed by atoms with Gasteiger partial charge in [-0.2, -0.15) is 0 Å². The standard InChI is InChI=1S/C21H24N4O3S/c1-14-4-3-5-15(12-14)20(26)25(13-22)21-23-18-17(27-2)7-6-16(19(18)29-21)24-8-10-28-11-9-24/h3-7,12H,8-11,13,22H2,1-2H3. The maximum atomic E-state index is 13.1. The van der Waals surface area contributed by atoms with Gasteiger partial charge in [-0.15, -0.1) is 0 Å². The summed E-state index contributed by atoms with van der Waals surface area (Å²) in [5.41, 5.74) is 9.40. The minimum atomic E-state index is -0.165. The van der Waals surface area contributed by atoms with E-state index in [1.807, 2.05) is 37.3 Å². The van der Waals surface area contributed by atoms with Crippen LogP contribution in [0.15, 0.2) is 36.4 Å². The fourth-order valence-electron chi connectivity index (χ4n) is 3.47. The Morgan fingerprint density at radius 2 is 2.10 bits per heavy atom. The van der Waals surface area contributed by atoms with Crippen molar-refractivity contribution < 1.29 is 14.3 Å². The third kappa shape index (κ3) is 3.78. The fourth-order valence-corrected chi connectivity index (χ4v) is 4.61. The van der Waals surface area contributed by atoms with Crippen LogP contribution in [-0.4, -0.2) is 51.0 Å². The van der Waals surface area contributed by atoms with Gasteiger partial charge in [-0.25, -0.2) is 4.98 Å². The number of nitrogens with zero attached hydrogens (tertiary/aromatic N) is 3. The monoisotopic (exact) mass is 412 g/mol. The van der Waals surface area contributed by atoms with Gasteiger partial charge in [-0.3, -0.25) is 9.69 Å². The van der Waals surface area contributed by atoms with Gasteiger partial charge in [0, 0.05) is 18.7 Å². The van der Waals surface area contributed by atoms with Crippen LogP contribution in [0.3, 0.4) is 0 Å². The zero-order valence-electron chi connectivity index (χ0n) is 16.6. The number of methoxy groups -OCH3 is 1. The lowest BCUT2D eigenvalue weighted by molar-refractivity contribution is 0.0987. The van der Waals surface area contributed by atoms with Crippen LogP contribution in [-0.2, 0) is 4.74 Å². The average Bonchev–Trinajstić information content (AvgIpc) is 3.19. The van der Waals surface area contributed by atoms with E-state index < -0.39 is 0 Å². The molecule has 1 aliphatic heterocycles. The molecule has 1 aliphatic rings. The molecule has 8 heteroatoms. The molecule has 0 radical (unpaired) electrons. The van der Waals surface area contributed by atoms with E-state index in [2.05, 4.69) is 4.90 Å². The summed E-state index contributed by atoms with van der Waals surface area (Å²) in [6.07, 6.45) is 0. The number of morpholine rings is 1. The number of amides is 1. The van der Waals surface area contributed by atoms with Crippen LogP contribution in [0.4, 0.5) is 10.8 Å². The number of fused-ring (bicyclic) bond motifs is 1. The van der Waals surface area contributed by atoms with E-state index in [1.54, 1.807) is 13.2 Å². The van der Waals surface area contributed by atoms with Crippen LogP contribution in [0.2, 0.25) is 0 Å². The van der Waals surface area contributed by atoms with E-state index in [0.29, 0.717) is 29.7 Å². The molecule has 0 bridgehead atoms. The highest BCUT2D eigenvalue weighted by molar-refractivity contribution is 7.23. The van der Waals surface area contributed by atoms with Crippen LogP contribution in [0.5, 0.6) is 5.75 Å². The lowest BCUT2D eigenvalue weighted by Crippen LogP contribution is -2.36. The molecule has 2 heterocycles. The lowest BCUT2D eigenvalue weighted by atomic mass is 10.1. The number of thiazole rings is 1. The van der Waals surface area contributed by atoms with Gasteiger partial charge >= 0.3 is 0 Å². The van der Waals surface area contributed by atoms with Crippen molar-refractivity contribution in [1.29, 1.82) is 0 Å². The number of hydrogen-bond acceptors (Lipinski definition) is 7. The van der Waals surface area contributed by atoms with Gasteiger partial charge in [0.05, 0.1) is 37.4 Å². The Morgan fingerprint density at radius 1 is 1.31 bits per heavy atom. The molecule has 29 heavy (non-hydrogen) atoms. The van der Waals surface area contributed by atoms with Gasteiger partial charge in [-0.1, -0.05) is 29.0 Å². The van der Waals surface area contributed by atoms with Crippen molar-refractivity contribution in [2.45, 2.75) is 6.92 Å². The molecule has 1 saturated heterocycles. The molecule has 1 amide bonds. The fraction of sp³-hybridized carbons (Fsp3) is 0.333. The molecule has 0 spiro atoms. The summed E-state index contributed by atoms with van der Waals surface area (Å²) < 4.78 is 12.0. The Bertz CT molecular complexity index is 1030. The van der Waals surface area contributed by atoms with Gasteiger partial charge < -0.3 is 20.1 Å². The number of aromatic nitrogens is 1. The number of hydrogen-bond donors (Lipinski definition) is 1. The predicted octanol–water partition coefficient (Wildman–Crippen LogP) is 3.01. The first-order valence-electron chi connectivity index (χ1n) is 9.51. The van der Waals surface area contributed by atoms with Gasteiger partial charge in [0.25, 0.3) is 5.91 Å². The Labute approximate surface area is 173 Å². The molecule has 2 N–H and O–H groups in total. The summed E-state index contributed by atoms with van der Waals surface area (Å²) in [5.74, 6) is 0.515. The predicted molar refractivity (Wildman–Crippen MR) is 116 cm³/mol. The van der Waals surface area contributed by atoms with Crippen molar-refractivity contribution in [2.24, 2.45) is 5.73 Å². The van der Waals surface area contributed by atoms with Gasteiger partial charge in [0.15, 0.2) is 5.13 Å². The van der Waals surface area contributed by atoms with Crippen molar-refractivity contribution in [3.63, 3.8) is 0 Å². The summed E-state index contributed by atoms with van der Waals surface area (Å²) in [6.45, 7) is 5.03. The molecule has 0 unspecified atom stereocenters. The number of aryl methyl sites for hydroxylation is 1. The molecule has 1 aromatic heterocycles. The van der Waals surface area contributed by atoms with Crippen LogP contribution in [0, 0.1) is 6.92 Å². The van der Waals surface area contributed by atoms with E-state index in [4.69, 9.17) is 20.2 Å². The van der Waals surface area contributed by atoms with Crippen molar-refractivity contribution >= 4 is 38.3 Å². The molecule has 0 atom stereocenters. The number of ether oxygens (including phenoxy) is 2. The molecule has 3 aromatic rings. The highest BCUT2D eigenvalue weighted by atomic mass is 32.1. The van der Waals surface area contributed by atoms with E-state index >= 15 is 0 Å². The highest BCUT2D eigenvalue weighted by Crippen LogP contribution is 2.40. The van der Waals surface area contributed by atoms with E-state index in [-0.39, 0.29) is 12.6 Å². The molecular weight excluding hydrogens is 388 g/mol. The summed E-state index contributed by atoms with van der Waals surface area (Å²) in [4.78, 5) is 21.6. The number of benzene rings is 2. The minimum absolute atomic E-state index is 0.0435. The molecule has 152 valence electrons. The van der Waals surface area contributed by atoms with Gasteiger partial charge in [0.1, 0.15) is 11.3 Å². The second-order valence-corrected chi connectivity index (χ2v) is 7.82. The number of rotatable bonds is 5. The molecular formula is C21H24N4O3S. The van der Waals surface area contributed by atoms with Crippen LogP contribution < -0.4 is 20.3 Å². The molecule has 4 rings (SSSR count). The highest BCUT2D eigenvalue weighted by Gasteiger charge is 2.24. The zero-order chi connectivity index (χ0) is 20.4. The van der Waals surface area contributed by atoms with Gasteiger partial charge in [-0.05, 0) is 31.2 Å². The van der Waals surface area contributed by atoms with Crippen LogP contribution in [0.1, 0.15) is 15.9 Å². The summed E-state index contributed by atoms with van der Waals surface area (Å²) in [6, 6.07) is 11.5. The molecule has 0 aliphatic carbocycles. The largest absolute Gasteiger partial charge is 0.494 e. The second-order valence-electron chi connectivity index (χ2n) is 6.85. The molecule has 0 saturated carbocycles. The number of carbonyl (C=O) groups is 1. The zero-order valence-corrected chi connectivity index (χ0v) is 17.4. The van der Waals surface area contributed by atoms with E-state index in [0.717, 1.165) is 34.6 Å². The third-order valence-electron chi connectivity index (χ3n) is 4.97. The molecule has 7 nitrogen and oxygen atoms in total. The molecule has 2 aromatic carbocycles. The number of anilines is 2. The average molecular weight is 413 g/mol. The smallest absolute Gasteiger partial charge is 0.261 e. The Kier molecular flexibility index (Phi) is 5.66. The first kappa shape index (κ1) is 19.6. The topological polar surface area (TPSA) is 80.9 Å². The Hall–Kier alpha value is -2.68. The normalized spacial score (nSPS) is 14.2. The maximum Gasteiger partial charge on any atom is 0.261 e. The lowest BCUT2D eigenvalue weighted by Gasteiger charge is -2.29. The van der Waals surface area contributed by atoms with Crippen LogP contribution >= 0.6 is 11.3 Å². The first-order valence-corrected chi connectivity index (χ1v) is 10.3.